The smallest absolute Gasteiger partial charge is 0.256 e. The predicted molar refractivity (Wildman–Crippen MR) is 112 cm³/mol. The quantitative estimate of drug-likeness (QED) is 0.710. The molecule has 0 spiro atoms. The number of hydrogen-bond donors (Lipinski definition) is 1. The Bertz CT molecular complexity index is 1120. The van der Waals surface area contributed by atoms with E-state index in [4.69, 9.17) is 4.74 Å². The van der Waals surface area contributed by atoms with Gasteiger partial charge in [0.1, 0.15) is 0 Å². The van der Waals surface area contributed by atoms with E-state index in [1.165, 1.54) is 0 Å². The van der Waals surface area contributed by atoms with Crippen molar-refractivity contribution in [2.75, 3.05) is 18.5 Å². The minimum Gasteiger partial charge on any atom is -0.376 e. The van der Waals surface area contributed by atoms with Crippen molar-refractivity contribution in [3.05, 3.63) is 58.1 Å². The van der Waals surface area contributed by atoms with Gasteiger partial charge in [-0.15, -0.1) is 11.3 Å². The summed E-state index contributed by atoms with van der Waals surface area (Å²) in [5.74, 6) is -0.357. The molecule has 0 aliphatic carbocycles. The van der Waals surface area contributed by atoms with Crippen molar-refractivity contribution in [3.8, 4) is 0 Å². The minimum atomic E-state index is -0.269. The van der Waals surface area contributed by atoms with E-state index in [0.717, 1.165) is 40.2 Å². The molecule has 5 rings (SSSR count). The first-order valence-corrected chi connectivity index (χ1v) is 10.6. The first-order valence-electron chi connectivity index (χ1n) is 9.80. The Labute approximate surface area is 172 Å². The molecule has 0 saturated carbocycles. The molecule has 2 aliphatic heterocycles. The van der Waals surface area contributed by atoms with Gasteiger partial charge in [-0.1, -0.05) is 12.1 Å². The monoisotopic (exact) mass is 407 g/mol. The van der Waals surface area contributed by atoms with Crippen molar-refractivity contribution < 1.29 is 14.3 Å². The third-order valence-electron chi connectivity index (χ3n) is 5.46. The molecule has 1 fully saturated rings. The molecule has 2 aliphatic rings. The van der Waals surface area contributed by atoms with E-state index in [2.05, 4.69) is 10.3 Å². The summed E-state index contributed by atoms with van der Waals surface area (Å²) >= 11 is 1.59. The molecule has 29 heavy (non-hydrogen) atoms. The summed E-state index contributed by atoms with van der Waals surface area (Å²) in [4.78, 5) is 32.3. The Kier molecular flexibility index (Phi) is 4.56. The van der Waals surface area contributed by atoms with Gasteiger partial charge in [-0.2, -0.15) is 0 Å². The average molecular weight is 407 g/mol. The van der Waals surface area contributed by atoms with E-state index in [1.807, 2.05) is 37.3 Å². The maximum absolute atomic E-state index is 13.0. The van der Waals surface area contributed by atoms with Gasteiger partial charge in [0, 0.05) is 25.4 Å². The lowest BCUT2D eigenvalue weighted by Gasteiger charge is -2.19. The van der Waals surface area contributed by atoms with Crippen molar-refractivity contribution in [2.24, 2.45) is 0 Å². The van der Waals surface area contributed by atoms with Crippen molar-refractivity contribution >= 4 is 39.1 Å². The number of rotatable bonds is 4. The summed E-state index contributed by atoms with van der Waals surface area (Å²) in [6.07, 6.45) is 2.12. The summed E-state index contributed by atoms with van der Waals surface area (Å²) in [5, 5.41) is 3.93. The fourth-order valence-corrected chi connectivity index (χ4v) is 4.97. The Balaban J connectivity index is 1.38. The van der Waals surface area contributed by atoms with Crippen LogP contribution >= 0.6 is 11.3 Å². The molecule has 1 N–H and O–H groups in total. The SMILES string of the molecule is Cc1nc2ccc(NC(=O)c3cccc4c3C(=O)N(C[C@H]3CCCO3)C4)cc2s1. The minimum absolute atomic E-state index is 0.0882. The number of nitrogens with zero attached hydrogens (tertiary/aromatic N) is 2. The topological polar surface area (TPSA) is 71.5 Å². The molecule has 0 bridgehead atoms. The van der Waals surface area contributed by atoms with Crippen molar-refractivity contribution in [3.63, 3.8) is 0 Å². The number of anilines is 1. The van der Waals surface area contributed by atoms with Crippen LogP contribution in [0.5, 0.6) is 0 Å². The second kappa shape index (κ2) is 7.24. The van der Waals surface area contributed by atoms with Crippen LogP contribution in [-0.4, -0.2) is 41.0 Å². The van der Waals surface area contributed by atoms with Crippen LogP contribution in [0, 0.1) is 6.92 Å². The van der Waals surface area contributed by atoms with E-state index in [-0.39, 0.29) is 17.9 Å². The lowest BCUT2D eigenvalue weighted by molar-refractivity contribution is 0.0544. The highest BCUT2D eigenvalue weighted by atomic mass is 32.1. The van der Waals surface area contributed by atoms with Crippen molar-refractivity contribution in [2.45, 2.75) is 32.4 Å². The third-order valence-corrected chi connectivity index (χ3v) is 6.39. The van der Waals surface area contributed by atoms with Crippen LogP contribution in [0.1, 0.15) is 44.1 Å². The maximum Gasteiger partial charge on any atom is 0.256 e. The Morgan fingerprint density at radius 3 is 3.07 bits per heavy atom. The molecule has 1 aromatic heterocycles. The summed E-state index contributed by atoms with van der Waals surface area (Å²) in [5.41, 5.74) is 3.45. The number of thiazole rings is 1. The fraction of sp³-hybridized carbons (Fsp3) is 0.318. The van der Waals surface area contributed by atoms with Crippen molar-refractivity contribution in [1.82, 2.24) is 9.88 Å². The predicted octanol–water partition coefficient (Wildman–Crippen LogP) is 3.99. The van der Waals surface area contributed by atoms with E-state index in [1.54, 1.807) is 22.3 Å². The van der Waals surface area contributed by atoms with E-state index >= 15 is 0 Å². The van der Waals surface area contributed by atoms with Gasteiger partial charge < -0.3 is 15.0 Å². The molecule has 6 nitrogen and oxygen atoms in total. The van der Waals surface area contributed by atoms with Gasteiger partial charge in [0.05, 0.1) is 32.5 Å². The summed E-state index contributed by atoms with van der Waals surface area (Å²) in [6.45, 7) is 3.83. The van der Waals surface area contributed by atoms with Crippen LogP contribution < -0.4 is 5.32 Å². The third kappa shape index (κ3) is 3.41. The maximum atomic E-state index is 13.0. The zero-order valence-electron chi connectivity index (χ0n) is 16.1. The molecule has 148 valence electrons. The number of ether oxygens (including phenoxy) is 1. The molecule has 2 aromatic carbocycles. The first-order chi connectivity index (χ1) is 14.1. The number of nitrogens with one attached hydrogen (secondary N) is 1. The molecule has 7 heteroatoms. The second-order valence-corrected chi connectivity index (χ2v) is 8.76. The number of amides is 2. The van der Waals surface area contributed by atoms with Crippen molar-refractivity contribution in [1.29, 1.82) is 0 Å². The number of carbonyl (C=O) groups is 2. The second-order valence-electron chi connectivity index (χ2n) is 7.53. The van der Waals surface area contributed by atoms with Gasteiger partial charge in [-0.3, -0.25) is 9.59 Å². The number of benzene rings is 2. The highest BCUT2D eigenvalue weighted by Gasteiger charge is 2.33. The van der Waals surface area contributed by atoms with Crippen LogP contribution in [0.25, 0.3) is 10.2 Å². The van der Waals surface area contributed by atoms with Gasteiger partial charge >= 0.3 is 0 Å². The Hall–Kier alpha value is -2.77. The molecule has 0 unspecified atom stereocenters. The standard InChI is InChI=1S/C22H21N3O3S/c1-13-23-18-8-7-15(10-19(18)29-13)24-21(26)17-6-2-4-14-11-25(22(27)20(14)17)12-16-5-3-9-28-16/h2,4,6-8,10,16H,3,5,9,11-12H2,1H3,(H,24,26)/t16-/m1/s1. The molecule has 3 aromatic rings. The van der Waals surface area contributed by atoms with Gasteiger partial charge in [0.15, 0.2) is 0 Å². The largest absolute Gasteiger partial charge is 0.376 e. The number of carbonyl (C=O) groups excluding carboxylic acids is 2. The van der Waals surface area contributed by atoms with Crippen LogP contribution in [0.4, 0.5) is 5.69 Å². The molecule has 1 saturated heterocycles. The zero-order valence-corrected chi connectivity index (χ0v) is 16.9. The number of aromatic nitrogens is 1. The summed E-state index contributed by atoms with van der Waals surface area (Å²) in [6, 6.07) is 11.1. The molecule has 2 amide bonds. The van der Waals surface area contributed by atoms with Crippen LogP contribution in [0.2, 0.25) is 0 Å². The van der Waals surface area contributed by atoms with Gasteiger partial charge in [0.25, 0.3) is 11.8 Å². The van der Waals surface area contributed by atoms with Gasteiger partial charge in [-0.25, -0.2) is 4.98 Å². The summed E-state index contributed by atoms with van der Waals surface area (Å²) < 4.78 is 6.70. The van der Waals surface area contributed by atoms with E-state index < -0.39 is 0 Å². The summed E-state index contributed by atoms with van der Waals surface area (Å²) in [7, 11) is 0. The van der Waals surface area contributed by atoms with Gasteiger partial charge in [-0.05, 0) is 49.6 Å². The molecule has 1 atom stereocenters. The highest BCUT2D eigenvalue weighted by Crippen LogP contribution is 2.29. The normalized spacial score (nSPS) is 18.4. The lowest BCUT2D eigenvalue weighted by Crippen LogP contribution is -2.32. The first kappa shape index (κ1) is 18.3. The van der Waals surface area contributed by atoms with E-state index in [9.17, 15) is 9.59 Å². The number of aryl methyl sites for hydroxylation is 1. The molecular weight excluding hydrogens is 386 g/mol. The number of hydrogen-bond acceptors (Lipinski definition) is 5. The van der Waals surface area contributed by atoms with E-state index in [0.29, 0.717) is 29.9 Å². The molecule has 3 heterocycles. The van der Waals surface area contributed by atoms with Gasteiger partial charge in [0.2, 0.25) is 0 Å². The average Bonchev–Trinajstić information content (AvgIpc) is 3.41. The number of fused-ring (bicyclic) bond motifs is 2. The Morgan fingerprint density at radius 1 is 1.34 bits per heavy atom. The van der Waals surface area contributed by atoms with Crippen LogP contribution in [-0.2, 0) is 11.3 Å². The molecular formula is C22H21N3O3S. The van der Waals surface area contributed by atoms with Crippen LogP contribution in [0.3, 0.4) is 0 Å². The lowest BCUT2D eigenvalue weighted by atomic mass is 10.0. The van der Waals surface area contributed by atoms with Crippen LogP contribution in [0.15, 0.2) is 36.4 Å². The Morgan fingerprint density at radius 2 is 2.24 bits per heavy atom. The highest BCUT2D eigenvalue weighted by molar-refractivity contribution is 7.18. The zero-order chi connectivity index (χ0) is 20.0. The fourth-order valence-electron chi connectivity index (χ4n) is 4.11. The molecule has 0 radical (unpaired) electrons.